The number of hydrogen-bond acceptors (Lipinski definition) is 5. The normalized spacial score (nSPS) is 21.1. The fourth-order valence-electron chi connectivity index (χ4n) is 2.62. The molecule has 0 fully saturated rings. The standard InChI is InChI=1S/C17H14ClF3N4O2/c1-16(17(20,21)8-27-15(22)25-16)10-7-9(4-5-12(10)19)24-14(26)13-11(18)3-2-6-23-13/h2-7H,8H2,1H3,(H2,22,25)(H,24,26). The number of rotatable bonds is 3. The number of aliphatic imine (C=N–C) groups is 1. The molecule has 142 valence electrons. The zero-order valence-electron chi connectivity index (χ0n) is 14.0. The molecule has 0 bridgehead atoms. The molecule has 1 amide bonds. The van der Waals surface area contributed by atoms with E-state index in [0.29, 0.717) is 0 Å². The van der Waals surface area contributed by atoms with E-state index >= 15 is 0 Å². The lowest BCUT2D eigenvalue weighted by molar-refractivity contribution is -0.117. The van der Waals surface area contributed by atoms with Crippen molar-refractivity contribution in [2.45, 2.75) is 18.4 Å². The van der Waals surface area contributed by atoms with Crippen molar-refractivity contribution in [1.29, 1.82) is 0 Å². The molecule has 1 unspecified atom stereocenters. The first-order valence-corrected chi connectivity index (χ1v) is 8.10. The van der Waals surface area contributed by atoms with Gasteiger partial charge in [-0.1, -0.05) is 11.6 Å². The minimum absolute atomic E-state index is 0.0603. The number of carbonyl (C=O) groups excluding carboxylic acids is 1. The number of halogens is 4. The van der Waals surface area contributed by atoms with Crippen LogP contribution in [0.25, 0.3) is 0 Å². The highest BCUT2D eigenvalue weighted by molar-refractivity contribution is 6.34. The lowest BCUT2D eigenvalue weighted by Gasteiger charge is -2.37. The summed E-state index contributed by atoms with van der Waals surface area (Å²) in [5.74, 6) is -5.13. The highest BCUT2D eigenvalue weighted by Crippen LogP contribution is 2.44. The van der Waals surface area contributed by atoms with Gasteiger partial charge in [-0.15, -0.1) is 0 Å². The third-order valence-electron chi connectivity index (χ3n) is 4.17. The minimum atomic E-state index is -3.52. The first kappa shape index (κ1) is 19.0. The molecule has 0 saturated carbocycles. The topological polar surface area (TPSA) is 89.6 Å². The lowest BCUT2D eigenvalue weighted by Crippen LogP contribution is -2.51. The zero-order valence-corrected chi connectivity index (χ0v) is 14.7. The number of nitrogens with zero attached hydrogens (tertiary/aromatic N) is 2. The van der Waals surface area contributed by atoms with E-state index in [4.69, 9.17) is 17.3 Å². The zero-order chi connectivity index (χ0) is 19.8. The van der Waals surface area contributed by atoms with Crippen molar-refractivity contribution >= 4 is 29.2 Å². The molecular weight excluding hydrogens is 385 g/mol. The van der Waals surface area contributed by atoms with Gasteiger partial charge >= 0.3 is 5.92 Å². The molecule has 27 heavy (non-hydrogen) atoms. The second kappa shape index (κ2) is 6.73. The first-order valence-electron chi connectivity index (χ1n) is 7.72. The second-order valence-corrected chi connectivity index (χ2v) is 6.41. The molecule has 1 aromatic carbocycles. The van der Waals surface area contributed by atoms with Crippen molar-refractivity contribution in [1.82, 2.24) is 4.98 Å². The largest absolute Gasteiger partial charge is 0.459 e. The lowest BCUT2D eigenvalue weighted by atomic mass is 9.85. The number of alkyl halides is 2. The number of ether oxygens (including phenoxy) is 1. The molecule has 1 aliphatic rings. The van der Waals surface area contributed by atoms with E-state index in [-0.39, 0.29) is 16.4 Å². The molecule has 1 aromatic heterocycles. The van der Waals surface area contributed by atoms with Crippen molar-refractivity contribution in [3.63, 3.8) is 0 Å². The number of carbonyl (C=O) groups is 1. The Morgan fingerprint density at radius 3 is 2.81 bits per heavy atom. The molecule has 1 aliphatic heterocycles. The molecule has 2 aromatic rings. The fourth-order valence-corrected chi connectivity index (χ4v) is 2.82. The van der Waals surface area contributed by atoms with E-state index in [0.717, 1.165) is 19.1 Å². The van der Waals surface area contributed by atoms with E-state index in [2.05, 4.69) is 20.0 Å². The van der Waals surface area contributed by atoms with Gasteiger partial charge in [0.05, 0.1) is 5.02 Å². The van der Waals surface area contributed by atoms with E-state index in [1.165, 1.54) is 18.3 Å². The maximum absolute atomic E-state index is 14.4. The summed E-state index contributed by atoms with van der Waals surface area (Å²) < 4.78 is 47.8. The Balaban J connectivity index is 1.99. The molecule has 10 heteroatoms. The van der Waals surface area contributed by atoms with Gasteiger partial charge in [-0.3, -0.25) is 4.79 Å². The summed E-state index contributed by atoms with van der Waals surface area (Å²) in [6, 6.07) is 5.79. The molecule has 0 aliphatic carbocycles. The maximum Gasteiger partial charge on any atom is 0.310 e. The van der Waals surface area contributed by atoms with Crippen LogP contribution < -0.4 is 11.1 Å². The second-order valence-electron chi connectivity index (χ2n) is 6.00. The Hall–Kier alpha value is -2.81. The van der Waals surface area contributed by atoms with Gasteiger partial charge < -0.3 is 15.8 Å². The number of pyridine rings is 1. The van der Waals surface area contributed by atoms with Crippen molar-refractivity contribution in [2.24, 2.45) is 10.7 Å². The summed E-state index contributed by atoms with van der Waals surface area (Å²) in [6.07, 6.45) is 1.37. The van der Waals surface area contributed by atoms with E-state index < -0.39 is 41.4 Å². The average molecular weight is 399 g/mol. The van der Waals surface area contributed by atoms with Crippen molar-refractivity contribution in [3.05, 3.63) is 58.6 Å². The molecule has 3 rings (SSSR count). The van der Waals surface area contributed by atoms with Crippen LogP contribution in [0.3, 0.4) is 0 Å². The monoisotopic (exact) mass is 398 g/mol. The van der Waals surface area contributed by atoms with Gasteiger partial charge in [0.15, 0.2) is 12.1 Å². The number of benzene rings is 1. The Morgan fingerprint density at radius 1 is 1.37 bits per heavy atom. The molecule has 0 spiro atoms. The first-order chi connectivity index (χ1) is 12.6. The van der Waals surface area contributed by atoms with Gasteiger partial charge in [-0.25, -0.2) is 14.4 Å². The maximum atomic E-state index is 14.4. The van der Waals surface area contributed by atoms with Crippen LogP contribution in [0.1, 0.15) is 23.0 Å². The van der Waals surface area contributed by atoms with E-state index in [9.17, 15) is 18.0 Å². The number of nitrogens with one attached hydrogen (secondary N) is 1. The number of aromatic nitrogens is 1. The predicted octanol–water partition coefficient (Wildman–Crippen LogP) is 3.32. The third-order valence-corrected chi connectivity index (χ3v) is 4.47. The molecule has 0 radical (unpaired) electrons. The van der Waals surface area contributed by atoms with Crippen molar-refractivity contribution in [2.75, 3.05) is 11.9 Å². The van der Waals surface area contributed by atoms with Gasteiger partial charge in [0, 0.05) is 17.4 Å². The van der Waals surface area contributed by atoms with Crippen LogP contribution in [0, 0.1) is 5.82 Å². The molecule has 6 nitrogen and oxygen atoms in total. The Morgan fingerprint density at radius 2 is 2.11 bits per heavy atom. The van der Waals surface area contributed by atoms with Gasteiger partial charge in [0.1, 0.15) is 11.5 Å². The quantitative estimate of drug-likeness (QED) is 0.830. The molecule has 2 heterocycles. The van der Waals surface area contributed by atoms with Crippen LogP contribution in [0.5, 0.6) is 0 Å². The fraction of sp³-hybridized carbons (Fsp3) is 0.235. The number of amides is 1. The number of amidine groups is 1. The van der Waals surface area contributed by atoms with Gasteiger partial charge in [0.25, 0.3) is 11.9 Å². The third kappa shape index (κ3) is 3.42. The molecular formula is C17H14ClF3N4O2. The Labute approximate surface area is 157 Å². The van der Waals surface area contributed by atoms with Gasteiger partial charge in [-0.2, -0.15) is 8.78 Å². The van der Waals surface area contributed by atoms with E-state index in [1.807, 2.05) is 0 Å². The van der Waals surface area contributed by atoms with Crippen LogP contribution in [0.15, 0.2) is 41.5 Å². The summed E-state index contributed by atoms with van der Waals surface area (Å²) in [6.45, 7) is 0.000414. The minimum Gasteiger partial charge on any atom is -0.459 e. The van der Waals surface area contributed by atoms with Crippen LogP contribution in [-0.4, -0.2) is 29.4 Å². The van der Waals surface area contributed by atoms with Crippen LogP contribution in [-0.2, 0) is 10.3 Å². The van der Waals surface area contributed by atoms with E-state index in [1.54, 1.807) is 6.07 Å². The summed E-state index contributed by atoms with van der Waals surface area (Å²) >= 11 is 5.91. The van der Waals surface area contributed by atoms with Crippen LogP contribution in [0.2, 0.25) is 5.02 Å². The molecule has 0 saturated heterocycles. The van der Waals surface area contributed by atoms with Crippen molar-refractivity contribution < 1.29 is 22.7 Å². The molecule has 3 N–H and O–H groups in total. The highest BCUT2D eigenvalue weighted by Gasteiger charge is 2.56. The van der Waals surface area contributed by atoms with Crippen LogP contribution >= 0.6 is 11.6 Å². The predicted molar refractivity (Wildman–Crippen MR) is 93.5 cm³/mol. The number of nitrogens with two attached hydrogens (primary N) is 1. The Kier molecular flexibility index (Phi) is 4.73. The molecule has 1 atom stereocenters. The van der Waals surface area contributed by atoms with Gasteiger partial charge in [0.2, 0.25) is 0 Å². The summed E-state index contributed by atoms with van der Waals surface area (Å²) in [4.78, 5) is 19.8. The SMILES string of the molecule is CC1(c2cc(NC(=O)c3ncccc3Cl)ccc2F)N=C(N)OCC1(F)F. The summed E-state index contributed by atoms with van der Waals surface area (Å²) in [7, 11) is 0. The van der Waals surface area contributed by atoms with Crippen LogP contribution in [0.4, 0.5) is 18.9 Å². The highest BCUT2D eigenvalue weighted by atomic mass is 35.5. The number of anilines is 1. The Bertz CT molecular complexity index is 938. The smallest absolute Gasteiger partial charge is 0.310 e. The average Bonchev–Trinajstić information content (AvgIpc) is 2.60. The van der Waals surface area contributed by atoms with Gasteiger partial charge in [-0.05, 0) is 37.3 Å². The summed E-state index contributed by atoms with van der Waals surface area (Å²) in [5.41, 5.74) is 2.67. The van der Waals surface area contributed by atoms with Crippen molar-refractivity contribution in [3.8, 4) is 0 Å². The summed E-state index contributed by atoms with van der Waals surface area (Å²) in [5, 5.41) is 2.56. The number of hydrogen-bond donors (Lipinski definition) is 2.